The molecule has 5 aliphatic carbocycles. The van der Waals surface area contributed by atoms with E-state index in [2.05, 4.69) is 10.2 Å². The monoisotopic (exact) mass is 513 g/mol. The molecule has 5 saturated carbocycles. The van der Waals surface area contributed by atoms with E-state index in [1.54, 1.807) is 11.8 Å². The number of thioether (sulfide) groups is 1. The van der Waals surface area contributed by atoms with Crippen molar-refractivity contribution in [1.29, 1.82) is 0 Å². The third-order valence-corrected chi connectivity index (χ3v) is 11.0. The Morgan fingerprint density at radius 1 is 1.00 bits per heavy atom. The number of rotatable bonds is 7. The van der Waals surface area contributed by atoms with Gasteiger partial charge in [0.2, 0.25) is 0 Å². The average molecular weight is 514 g/mol. The highest BCUT2D eigenvalue weighted by Crippen LogP contribution is 2.53. The fourth-order valence-electron chi connectivity index (χ4n) is 8.06. The van der Waals surface area contributed by atoms with Crippen LogP contribution < -0.4 is 10.2 Å². The zero-order valence-electron chi connectivity index (χ0n) is 21.0. The van der Waals surface area contributed by atoms with E-state index in [1.807, 2.05) is 12.1 Å². The van der Waals surface area contributed by atoms with E-state index in [4.69, 9.17) is 4.98 Å². The summed E-state index contributed by atoms with van der Waals surface area (Å²) >= 11 is 1.75. The van der Waals surface area contributed by atoms with Crippen LogP contribution in [0.5, 0.6) is 0 Å². The van der Waals surface area contributed by atoms with Gasteiger partial charge in [0.15, 0.2) is 6.10 Å². The lowest BCUT2D eigenvalue weighted by molar-refractivity contribution is -0.149. The number of carbonyl (C=O) groups is 2. The summed E-state index contributed by atoms with van der Waals surface area (Å²) in [6, 6.07) is 4.14. The smallest absolute Gasteiger partial charge is 0.332 e. The van der Waals surface area contributed by atoms with Crippen molar-refractivity contribution in [1.82, 2.24) is 10.3 Å². The SMILES string of the molecule is O=C(NC1C2CC3CC(C2)CC1C3)c1ccc(N2CC[C@H](C(O)C(=O)O)C2)nc1SC1CCCCC1. The zero-order chi connectivity index (χ0) is 24.8. The fourth-order valence-corrected chi connectivity index (χ4v) is 9.37. The van der Waals surface area contributed by atoms with Crippen molar-refractivity contribution >= 4 is 29.5 Å². The van der Waals surface area contributed by atoms with Crippen LogP contribution in [0.2, 0.25) is 0 Å². The second kappa shape index (κ2) is 10.2. The molecule has 1 saturated heterocycles. The first-order valence-corrected chi connectivity index (χ1v) is 15.0. The Bertz CT molecular complexity index is 969. The molecule has 7 rings (SSSR count). The van der Waals surface area contributed by atoms with Crippen molar-refractivity contribution in [3.63, 3.8) is 0 Å². The van der Waals surface area contributed by atoms with E-state index in [-0.39, 0.29) is 11.8 Å². The van der Waals surface area contributed by atoms with E-state index in [9.17, 15) is 19.8 Å². The number of pyridine rings is 1. The maximum Gasteiger partial charge on any atom is 0.332 e. The predicted octanol–water partition coefficient (Wildman–Crippen LogP) is 4.33. The number of aliphatic hydroxyl groups is 1. The molecule has 0 aromatic carbocycles. The first kappa shape index (κ1) is 24.5. The molecule has 196 valence electrons. The third-order valence-electron chi connectivity index (χ3n) is 9.69. The van der Waals surface area contributed by atoms with E-state index in [1.165, 1.54) is 51.4 Å². The number of amides is 1. The molecule has 2 heterocycles. The molecule has 1 aromatic heterocycles. The summed E-state index contributed by atoms with van der Waals surface area (Å²) in [5, 5.41) is 24.0. The van der Waals surface area contributed by atoms with Crippen molar-refractivity contribution in [3.8, 4) is 0 Å². The van der Waals surface area contributed by atoms with Gasteiger partial charge in [-0.05, 0) is 87.2 Å². The number of aliphatic carboxylic acids is 1. The molecular formula is C28H39N3O4S. The number of hydrogen-bond acceptors (Lipinski definition) is 6. The van der Waals surface area contributed by atoms with E-state index in [0.29, 0.717) is 48.2 Å². The standard InChI is InChI=1S/C28H39N3O4S/c32-25(28(34)35)18-8-9-31(15-18)23-7-6-22(27(29-23)36-21-4-2-1-3-5-21)26(33)30-24-19-11-16-10-17(13-19)14-20(24)12-16/h6-7,16-21,24-25,32H,1-5,8-15H2,(H,30,33)(H,34,35)/t16?,17?,18-,19?,20?,24?,25?/m0/s1. The number of aliphatic hydroxyl groups excluding tert-OH is 1. The van der Waals surface area contributed by atoms with Gasteiger partial charge >= 0.3 is 5.97 Å². The summed E-state index contributed by atoms with van der Waals surface area (Å²) in [4.78, 5) is 32.0. The molecular weight excluding hydrogens is 474 g/mol. The molecule has 8 heteroatoms. The Kier molecular flexibility index (Phi) is 6.93. The van der Waals surface area contributed by atoms with Crippen LogP contribution in [-0.4, -0.2) is 57.6 Å². The first-order valence-electron chi connectivity index (χ1n) is 14.1. The molecule has 2 atom stereocenters. The summed E-state index contributed by atoms with van der Waals surface area (Å²) in [6.07, 6.45) is 11.8. The maximum absolute atomic E-state index is 13.7. The summed E-state index contributed by atoms with van der Waals surface area (Å²) in [5.41, 5.74) is 0.685. The minimum absolute atomic E-state index is 0.0189. The van der Waals surface area contributed by atoms with Crippen molar-refractivity contribution in [3.05, 3.63) is 17.7 Å². The summed E-state index contributed by atoms with van der Waals surface area (Å²) in [7, 11) is 0. The van der Waals surface area contributed by atoms with Gasteiger partial charge in [0, 0.05) is 30.3 Å². The van der Waals surface area contributed by atoms with Crippen LogP contribution in [0.25, 0.3) is 0 Å². The lowest BCUT2D eigenvalue weighted by Gasteiger charge is -2.54. The highest BCUT2D eigenvalue weighted by Gasteiger charge is 2.48. The molecule has 6 aliphatic rings. The molecule has 4 bridgehead atoms. The molecule has 1 aliphatic heterocycles. The van der Waals surface area contributed by atoms with Crippen molar-refractivity contribution in [2.75, 3.05) is 18.0 Å². The Hall–Kier alpha value is -1.80. The average Bonchev–Trinajstić information content (AvgIpc) is 3.36. The summed E-state index contributed by atoms with van der Waals surface area (Å²) < 4.78 is 0. The van der Waals surface area contributed by atoms with Gasteiger partial charge in [0.05, 0.1) is 5.56 Å². The van der Waals surface area contributed by atoms with E-state index in [0.717, 1.165) is 35.5 Å². The van der Waals surface area contributed by atoms with Crippen LogP contribution in [0.15, 0.2) is 17.2 Å². The van der Waals surface area contributed by atoms with Crippen LogP contribution in [0.4, 0.5) is 5.82 Å². The minimum Gasteiger partial charge on any atom is -0.479 e. The Morgan fingerprint density at radius 2 is 1.69 bits per heavy atom. The normalized spacial score (nSPS) is 34.6. The number of anilines is 1. The largest absolute Gasteiger partial charge is 0.479 e. The molecule has 1 aromatic rings. The lowest BCUT2D eigenvalue weighted by atomic mass is 9.54. The number of carbonyl (C=O) groups excluding carboxylic acids is 1. The molecule has 0 spiro atoms. The number of nitrogens with one attached hydrogen (secondary N) is 1. The van der Waals surface area contributed by atoms with Gasteiger partial charge in [0.25, 0.3) is 5.91 Å². The number of hydrogen-bond donors (Lipinski definition) is 3. The molecule has 7 nitrogen and oxygen atoms in total. The molecule has 36 heavy (non-hydrogen) atoms. The molecule has 1 amide bonds. The van der Waals surface area contributed by atoms with Crippen molar-refractivity contribution < 1.29 is 19.8 Å². The zero-order valence-corrected chi connectivity index (χ0v) is 21.8. The highest BCUT2D eigenvalue weighted by atomic mass is 32.2. The second-order valence-corrected chi connectivity index (χ2v) is 13.4. The molecule has 3 N–H and O–H groups in total. The van der Waals surface area contributed by atoms with Crippen molar-refractivity contribution in [2.45, 2.75) is 93.1 Å². The van der Waals surface area contributed by atoms with Crippen molar-refractivity contribution in [2.24, 2.45) is 29.6 Å². The number of aromatic nitrogens is 1. The van der Waals surface area contributed by atoms with Gasteiger partial charge in [0.1, 0.15) is 10.8 Å². The second-order valence-electron chi connectivity index (χ2n) is 12.1. The van der Waals surface area contributed by atoms with Gasteiger partial charge in [-0.3, -0.25) is 4.79 Å². The number of carboxylic acid groups (broad SMARTS) is 1. The third kappa shape index (κ3) is 4.87. The van der Waals surface area contributed by atoms with E-state index >= 15 is 0 Å². The lowest BCUT2D eigenvalue weighted by Crippen LogP contribution is -2.55. The first-order chi connectivity index (χ1) is 17.4. The van der Waals surface area contributed by atoms with Crippen LogP contribution in [-0.2, 0) is 4.79 Å². The topological polar surface area (TPSA) is 103 Å². The highest BCUT2D eigenvalue weighted by molar-refractivity contribution is 7.99. The van der Waals surface area contributed by atoms with Crippen LogP contribution in [0, 0.1) is 29.6 Å². The number of carboxylic acids is 1. The fraction of sp³-hybridized carbons (Fsp3) is 0.750. The van der Waals surface area contributed by atoms with Gasteiger partial charge in [-0.2, -0.15) is 0 Å². The number of nitrogens with zero attached hydrogens (tertiary/aromatic N) is 2. The van der Waals surface area contributed by atoms with Gasteiger partial charge in [-0.25, -0.2) is 9.78 Å². The van der Waals surface area contributed by atoms with Gasteiger partial charge in [-0.1, -0.05) is 19.3 Å². The van der Waals surface area contributed by atoms with Gasteiger partial charge < -0.3 is 20.4 Å². The summed E-state index contributed by atoms with van der Waals surface area (Å²) in [6.45, 7) is 1.13. The van der Waals surface area contributed by atoms with Crippen LogP contribution in [0.1, 0.15) is 81.0 Å². The quantitative estimate of drug-likeness (QED) is 0.499. The van der Waals surface area contributed by atoms with Gasteiger partial charge in [-0.15, -0.1) is 11.8 Å². The maximum atomic E-state index is 13.7. The Labute approximate surface area is 217 Å². The minimum atomic E-state index is -1.35. The van der Waals surface area contributed by atoms with Crippen LogP contribution in [0.3, 0.4) is 0 Å². The Balaban J connectivity index is 1.21. The molecule has 0 radical (unpaired) electrons. The molecule has 1 unspecified atom stereocenters. The molecule has 6 fully saturated rings. The Morgan fingerprint density at radius 3 is 2.36 bits per heavy atom. The van der Waals surface area contributed by atoms with Crippen LogP contribution >= 0.6 is 11.8 Å². The van der Waals surface area contributed by atoms with E-state index < -0.39 is 12.1 Å². The summed E-state index contributed by atoms with van der Waals surface area (Å²) in [5.74, 6) is 2.35. The predicted molar refractivity (Wildman–Crippen MR) is 139 cm³/mol.